The Morgan fingerprint density at radius 1 is 1.50 bits per heavy atom. The summed E-state index contributed by atoms with van der Waals surface area (Å²) < 4.78 is 0. The molecule has 5 nitrogen and oxygen atoms in total. The molecule has 96 valence electrons. The summed E-state index contributed by atoms with van der Waals surface area (Å²) in [6, 6.07) is 6.51. The number of hydrogen-bond donors (Lipinski definition) is 3. The van der Waals surface area contributed by atoms with Crippen LogP contribution in [0.4, 0.5) is 5.69 Å². The van der Waals surface area contributed by atoms with Gasteiger partial charge in [-0.25, -0.2) is 4.79 Å². The summed E-state index contributed by atoms with van der Waals surface area (Å²) in [5.41, 5.74) is 2.03. The summed E-state index contributed by atoms with van der Waals surface area (Å²) in [6.45, 7) is 1.73. The second kappa shape index (κ2) is 5.08. The number of amides is 1. The molecule has 0 spiro atoms. The van der Waals surface area contributed by atoms with E-state index in [1.54, 1.807) is 6.92 Å². The molecule has 1 unspecified atom stereocenters. The van der Waals surface area contributed by atoms with Crippen molar-refractivity contribution in [3.05, 3.63) is 29.8 Å². The molecule has 3 N–H and O–H groups in total. The molecule has 0 aliphatic carbocycles. The first-order valence-corrected chi connectivity index (χ1v) is 5.99. The summed E-state index contributed by atoms with van der Waals surface area (Å²) in [7, 11) is 0. The van der Waals surface area contributed by atoms with Crippen molar-refractivity contribution in [2.75, 3.05) is 5.32 Å². The lowest BCUT2D eigenvalue weighted by Crippen LogP contribution is -2.47. The topological polar surface area (TPSA) is 78.4 Å². The molecule has 1 aliphatic rings. The number of fused-ring (bicyclic) bond motifs is 1. The maximum Gasteiger partial charge on any atom is 0.326 e. The van der Waals surface area contributed by atoms with Gasteiger partial charge in [0.05, 0.1) is 0 Å². The van der Waals surface area contributed by atoms with Crippen LogP contribution in [0, 0.1) is 0 Å². The quantitative estimate of drug-likeness (QED) is 0.743. The van der Waals surface area contributed by atoms with E-state index >= 15 is 0 Å². The number of carboxylic acid groups (broad SMARTS) is 1. The molecule has 1 heterocycles. The van der Waals surface area contributed by atoms with Gasteiger partial charge in [0.15, 0.2) is 0 Å². The Morgan fingerprint density at radius 2 is 2.22 bits per heavy atom. The van der Waals surface area contributed by atoms with Crippen LogP contribution in [0.2, 0.25) is 0 Å². The number of benzene rings is 1. The molecule has 0 fully saturated rings. The largest absolute Gasteiger partial charge is 0.480 e. The maximum absolute atomic E-state index is 12.0. The van der Waals surface area contributed by atoms with E-state index in [-0.39, 0.29) is 11.9 Å². The fourth-order valence-electron chi connectivity index (χ4n) is 2.07. The first-order valence-electron chi connectivity index (χ1n) is 5.99. The summed E-state index contributed by atoms with van der Waals surface area (Å²) >= 11 is 0. The zero-order valence-electron chi connectivity index (χ0n) is 10.1. The van der Waals surface area contributed by atoms with Gasteiger partial charge in [-0.1, -0.05) is 25.1 Å². The molecule has 0 saturated carbocycles. The highest BCUT2D eigenvalue weighted by molar-refractivity contribution is 5.90. The van der Waals surface area contributed by atoms with Crippen molar-refractivity contribution in [2.45, 2.75) is 31.8 Å². The molecule has 1 aromatic rings. The van der Waals surface area contributed by atoms with Crippen molar-refractivity contribution in [3.8, 4) is 0 Å². The van der Waals surface area contributed by atoms with Crippen LogP contribution in [-0.2, 0) is 16.0 Å². The summed E-state index contributed by atoms with van der Waals surface area (Å²) in [5.74, 6) is -1.26. The fraction of sp³-hybridized carbons (Fsp3) is 0.385. The van der Waals surface area contributed by atoms with Gasteiger partial charge in [0, 0.05) is 12.1 Å². The van der Waals surface area contributed by atoms with Gasteiger partial charge in [-0.05, 0) is 18.1 Å². The summed E-state index contributed by atoms with van der Waals surface area (Å²) in [4.78, 5) is 22.8. The number of nitrogens with one attached hydrogen (secondary N) is 2. The van der Waals surface area contributed by atoms with Crippen LogP contribution in [0.1, 0.15) is 18.9 Å². The highest BCUT2D eigenvalue weighted by Gasteiger charge is 2.28. The molecule has 0 radical (unpaired) electrons. The lowest BCUT2D eigenvalue weighted by Gasteiger charge is -2.16. The van der Waals surface area contributed by atoms with E-state index in [4.69, 9.17) is 5.11 Å². The smallest absolute Gasteiger partial charge is 0.326 e. The van der Waals surface area contributed by atoms with Gasteiger partial charge in [0.25, 0.3) is 0 Å². The summed E-state index contributed by atoms with van der Waals surface area (Å²) in [6.07, 6.45) is 0.971. The van der Waals surface area contributed by atoms with E-state index in [1.165, 1.54) is 0 Å². The van der Waals surface area contributed by atoms with E-state index < -0.39 is 12.0 Å². The number of hydrogen-bond acceptors (Lipinski definition) is 3. The second-order valence-corrected chi connectivity index (χ2v) is 4.37. The van der Waals surface area contributed by atoms with Crippen molar-refractivity contribution < 1.29 is 14.7 Å². The first kappa shape index (κ1) is 12.4. The van der Waals surface area contributed by atoms with Gasteiger partial charge in [0.2, 0.25) is 5.91 Å². The van der Waals surface area contributed by atoms with Crippen molar-refractivity contribution in [2.24, 2.45) is 0 Å². The van der Waals surface area contributed by atoms with Crippen LogP contribution >= 0.6 is 0 Å². The Labute approximate surface area is 105 Å². The highest BCUT2D eigenvalue weighted by atomic mass is 16.4. The molecular weight excluding hydrogens is 232 g/mol. The molecular formula is C13H16N2O3. The molecule has 0 saturated heterocycles. The van der Waals surface area contributed by atoms with Crippen LogP contribution in [0.15, 0.2) is 24.3 Å². The number of anilines is 1. The van der Waals surface area contributed by atoms with Gasteiger partial charge in [-0.2, -0.15) is 0 Å². The average molecular weight is 248 g/mol. The first-order chi connectivity index (χ1) is 8.61. The Morgan fingerprint density at radius 3 is 2.83 bits per heavy atom. The Kier molecular flexibility index (Phi) is 3.50. The van der Waals surface area contributed by atoms with Crippen LogP contribution in [0.5, 0.6) is 0 Å². The van der Waals surface area contributed by atoms with Crippen LogP contribution in [-0.4, -0.2) is 29.1 Å². The fourth-order valence-corrected chi connectivity index (χ4v) is 2.07. The van der Waals surface area contributed by atoms with E-state index in [0.29, 0.717) is 12.8 Å². The van der Waals surface area contributed by atoms with Gasteiger partial charge in [0.1, 0.15) is 12.1 Å². The maximum atomic E-state index is 12.0. The van der Waals surface area contributed by atoms with Crippen molar-refractivity contribution in [1.82, 2.24) is 5.32 Å². The number of aliphatic carboxylic acids is 1. The number of carbonyl (C=O) groups is 2. The lowest BCUT2D eigenvalue weighted by atomic mass is 10.1. The monoisotopic (exact) mass is 248 g/mol. The Bertz CT molecular complexity index is 448. The van der Waals surface area contributed by atoms with Crippen LogP contribution in [0.3, 0.4) is 0 Å². The third-order valence-corrected chi connectivity index (χ3v) is 3.11. The Balaban J connectivity index is 1.99. The third kappa shape index (κ3) is 2.45. The Hall–Kier alpha value is -2.04. The standard InChI is InChI=1S/C13H16N2O3/c1-2-9(13(17)18)15-12(16)11-7-8-5-3-4-6-10(8)14-11/h3-6,9,11,14H,2,7H2,1H3,(H,15,16)(H,17,18)/t9-,11?/m1/s1. The number of carboxylic acids is 1. The molecule has 0 aromatic heterocycles. The highest BCUT2D eigenvalue weighted by Crippen LogP contribution is 2.25. The molecule has 0 bridgehead atoms. The van der Waals surface area contributed by atoms with Gasteiger partial charge < -0.3 is 15.7 Å². The normalized spacial score (nSPS) is 18.6. The van der Waals surface area contributed by atoms with Crippen LogP contribution < -0.4 is 10.6 Å². The van der Waals surface area contributed by atoms with E-state index in [9.17, 15) is 9.59 Å². The molecule has 2 atom stereocenters. The SMILES string of the molecule is CC[C@@H](NC(=O)C1Cc2ccccc2N1)C(=O)O. The molecule has 5 heteroatoms. The zero-order chi connectivity index (χ0) is 13.1. The average Bonchev–Trinajstić information content (AvgIpc) is 2.79. The third-order valence-electron chi connectivity index (χ3n) is 3.11. The number of para-hydroxylation sites is 1. The minimum atomic E-state index is -0.999. The number of rotatable bonds is 4. The summed E-state index contributed by atoms with van der Waals surface area (Å²) in [5, 5.41) is 14.5. The minimum Gasteiger partial charge on any atom is -0.480 e. The van der Waals surface area contributed by atoms with Crippen molar-refractivity contribution in [1.29, 1.82) is 0 Å². The van der Waals surface area contributed by atoms with Gasteiger partial charge in [-0.15, -0.1) is 0 Å². The van der Waals surface area contributed by atoms with Crippen molar-refractivity contribution in [3.63, 3.8) is 0 Å². The van der Waals surface area contributed by atoms with Gasteiger partial charge in [-0.3, -0.25) is 4.79 Å². The van der Waals surface area contributed by atoms with Crippen LogP contribution in [0.25, 0.3) is 0 Å². The van der Waals surface area contributed by atoms with Gasteiger partial charge >= 0.3 is 5.97 Å². The zero-order valence-corrected chi connectivity index (χ0v) is 10.1. The van der Waals surface area contributed by atoms with E-state index in [2.05, 4.69) is 10.6 Å². The van der Waals surface area contributed by atoms with E-state index in [1.807, 2.05) is 24.3 Å². The molecule has 18 heavy (non-hydrogen) atoms. The predicted octanol–water partition coefficient (Wildman–Crippen LogP) is 1.00. The predicted molar refractivity (Wildman–Crippen MR) is 67.4 cm³/mol. The van der Waals surface area contributed by atoms with E-state index in [0.717, 1.165) is 11.3 Å². The number of carbonyl (C=O) groups excluding carboxylic acids is 1. The molecule has 1 aliphatic heterocycles. The van der Waals surface area contributed by atoms with Crippen molar-refractivity contribution >= 4 is 17.6 Å². The molecule has 1 aromatic carbocycles. The second-order valence-electron chi connectivity index (χ2n) is 4.37. The molecule has 1 amide bonds. The molecule has 2 rings (SSSR count). The minimum absolute atomic E-state index is 0.263. The lowest BCUT2D eigenvalue weighted by molar-refractivity contribution is -0.142.